The maximum Gasteiger partial charge on any atom is 0.305 e. The minimum atomic E-state index is -0.390. The Morgan fingerprint density at radius 3 is 3.12 bits per heavy atom. The lowest BCUT2D eigenvalue weighted by Crippen LogP contribution is -2.09. The Morgan fingerprint density at radius 1 is 1.62 bits per heavy atom. The lowest BCUT2D eigenvalue weighted by molar-refractivity contribution is -0.143. The number of carbonyl (C=O) groups is 1. The van der Waals surface area contributed by atoms with Gasteiger partial charge in [0.2, 0.25) is 0 Å². The molecule has 0 spiro atoms. The number of anilines is 1. The van der Waals surface area contributed by atoms with Gasteiger partial charge in [-0.05, 0) is 25.5 Å². The highest BCUT2D eigenvalue weighted by molar-refractivity contribution is 5.69. The fraction of sp³-hybridized carbons (Fsp3) is 0.455. The van der Waals surface area contributed by atoms with E-state index >= 15 is 0 Å². The highest BCUT2D eigenvalue weighted by Crippen LogP contribution is 2.08. The zero-order valence-corrected chi connectivity index (χ0v) is 9.20. The van der Waals surface area contributed by atoms with Gasteiger partial charge >= 0.3 is 5.97 Å². The van der Waals surface area contributed by atoms with Crippen LogP contribution in [0.25, 0.3) is 0 Å². The molecule has 1 heterocycles. The largest absolute Gasteiger partial charge is 0.466 e. The first-order chi connectivity index (χ1) is 7.74. The fourth-order valence-electron chi connectivity index (χ4n) is 1.19. The molecule has 1 aromatic rings. The molecule has 0 aliphatic heterocycles. The summed E-state index contributed by atoms with van der Waals surface area (Å²) in [7, 11) is 0. The lowest BCUT2D eigenvalue weighted by Gasteiger charge is -2.05. The minimum absolute atomic E-state index is 0.214. The predicted molar refractivity (Wildman–Crippen MR) is 58.6 cm³/mol. The maximum atomic E-state index is 13.1. The number of halogens is 1. The first-order valence-electron chi connectivity index (χ1n) is 5.24. The van der Waals surface area contributed by atoms with E-state index in [9.17, 15) is 9.18 Å². The third kappa shape index (κ3) is 4.25. The highest BCUT2D eigenvalue weighted by atomic mass is 19.1. The number of carbonyl (C=O) groups excluding carboxylic acids is 1. The molecule has 0 unspecified atom stereocenters. The molecule has 0 atom stereocenters. The summed E-state index contributed by atoms with van der Waals surface area (Å²) >= 11 is 0. The summed E-state index contributed by atoms with van der Waals surface area (Å²) in [5, 5.41) is 2.82. The van der Waals surface area contributed by atoms with Crippen molar-refractivity contribution in [1.82, 2.24) is 4.98 Å². The van der Waals surface area contributed by atoms with E-state index in [1.165, 1.54) is 18.3 Å². The summed E-state index contributed by atoms with van der Waals surface area (Å²) in [6.07, 6.45) is 2.43. The molecule has 0 saturated heterocycles. The van der Waals surface area contributed by atoms with E-state index in [1.807, 2.05) is 0 Å². The molecule has 4 nitrogen and oxygen atoms in total. The predicted octanol–water partition coefficient (Wildman–Crippen LogP) is 1.98. The van der Waals surface area contributed by atoms with E-state index < -0.39 is 5.82 Å². The summed E-state index contributed by atoms with van der Waals surface area (Å²) in [4.78, 5) is 14.8. The molecule has 0 aromatic carbocycles. The van der Waals surface area contributed by atoms with Crippen LogP contribution in [0, 0.1) is 5.82 Å². The average molecular weight is 226 g/mol. The summed E-state index contributed by atoms with van der Waals surface area (Å²) in [6, 6.07) is 2.86. The number of nitrogens with zero attached hydrogens (tertiary/aromatic N) is 1. The number of hydrogen-bond acceptors (Lipinski definition) is 4. The van der Waals surface area contributed by atoms with Crippen molar-refractivity contribution in [3.05, 3.63) is 24.1 Å². The van der Waals surface area contributed by atoms with Gasteiger partial charge in [-0.15, -0.1) is 0 Å². The van der Waals surface area contributed by atoms with Gasteiger partial charge in [0.25, 0.3) is 0 Å². The van der Waals surface area contributed by atoms with Crippen LogP contribution in [0.1, 0.15) is 19.8 Å². The van der Waals surface area contributed by atoms with Crippen LogP contribution in [0.15, 0.2) is 18.3 Å². The Labute approximate surface area is 93.8 Å². The van der Waals surface area contributed by atoms with Crippen LogP contribution in [0.4, 0.5) is 10.2 Å². The monoisotopic (exact) mass is 226 g/mol. The molecule has 0 saturated carbocycles. The van der Waals surface area contributed by atoms with Gasteiger partial charge < -0.3 is 10.1 Å². The number of rotatable bonds is 6. The SMILES string of the molecule is CCOC(=O)CCCNc1ncccc1F. The third-order valence-electron chi connectivity index (χ3n) is 1.91. The fourth-order valence-corrected chi connectivity index (χ4v) is 1.19. The second-order valence-electron chi connectivity index (χ2n) is 3.17. The van der Waals surface area contributed by atoms with Gasteiger partial charge in [-0.25, -0.2) is 9.37 Å². The molecule has 0 radical (unpaired) electrons. The zero-order valence-electron chi connectivity index (χ0n) is 9.20. The van der Waals surface area contributed by atoms with E-state index in [0.717, 1.165) is 0 Å². The molecule has 88 valence electrons. The molecule has 0 bridgehead atoms. The van der Waals surface area contributed by atoms with Crippen LogP contribution in [-0.4, -0.2) is 24.1 Å². The van der Waals surface area contributed by atoms with E-state index in [4.69, 9.17) is 4.74 Å². The van der Waals surface area contributed by atoms with Crippen molar-refractivity contribution in [2.45, 2.75) is 19.8 Å². The van der Waals surface area contributed by atoms with Crippen molar-refractivity contribution in [2.75, 3.05) is 18.5 Å². The molecule has 0 fully saturated rings. The van der Waals surface area contributed by atoms with Crippen molar-refractivity contribution < 1.29 is 13.9 Å². The standard InChI is InChI=1S/C11H15FN2O2/c1-2-16-10(15)6-4-8-14-11-9(12)5-3-7-13-11/h3,5,7H,2,4,6,8H2,1H3,(H,13,14). The average Bonchev–Trinajstić information content (AvgIpc) is 2.27. The molecule has 1 aromatic heterocycles. The molecule has 16 heavy (non-hydrogen) atoms. The topological polar surface area (TPSA) is 51.2 Å². The van der Waals surface area contributed by atoms with E-state index in [2.05, 4.69) is 10.3 Å². The van der Waals surface area contributed by atoms with E-state index in [1.54, 1.807) is 6.92 Å². The summed E-state index contributed by atoms with van der Waals surface area (Å²) in [5.74, 6) is -0.407. The van der Waals surface area contributed by atoms with Crippen LogP contribution in [0.3, 0.4) is 0 Å². The van der Waals surface area contributed by atoms with Crippen LogP contribution in [0.2, 0.25) is 0 Å². The Morgan fingerprint density at radius 2 is 2.44 bits per heavy atom. The van der Waals surface area contributed by atoms with Gasteiger partial charge in [0.1, 0.15) is 0 Å². The number of esters is 1. The molecular formula is C11H15FN2O2. The smallest absolute Gasteiger partial charge is 0.305 e. The van der Waals surface area contributed by atoms with Gasteiger partial charge in [0, 0.05) is 19.2 Å². The normalized spacial score (nSPS) is 9.88. The number of nitrogens with one attached hydrogen (secondary N) is 1. The molecular weight excluding hydrogens is 211 g/mol. The van der Waals surface area contributed by atoms with Crippen LogP contribution < -0.4 is 5.32 Å². The van der Waals surface area contributed by atoms with Crippen molar-refractivity contribution in [3.8, 4) is 0 Å². The van der Waals surface area contributed by atoms with Crippen LogP contribution >= 0.6 is 0 Å². The van der Waals surface area contributed by atoms with Crippen molar-refractivity contribution in [3.63, 3.8) is 0 Å². The Bertz CT molecular complexity index is 345. The summed E-state index contributed by atoms with van der Waals surface area (Å²) < 4.78 is 17.8. The van der Waals surface area contributed by atoms with Gasteiger partial charge in [0.15, 0.2) is 11.6 Å². The second-order valence-corrected chi connectivity index (χ2v) is 3.17. The van der Waals surface area contributed by atoms with Gasteiger partial charge in [0.05, 0.1) is 6.61 Å². The maximum absolute atomic E-state index is 13.1. The van der Waals surface area contributed by atoms with Crippen molar-refractivity contribution in [1.29, 1.82) is 0 Å². The molecule has 5 heteroatoms. The van der Waals surface area contributed by atoms with E-state index in [0.29, 0.717) is 26.0 Å². The quantitative estimate of drug-likeness (QED) is 0.595. The second kappa shape index (κ2) is 6.76. The molecule has 0 aliphatic carbocycles. The lowest BCUT2D eigenvalue weighted by atomic mass is 10.3. The number of hydrogen-bond donors (Lipinski definition) is 1. The summed E-state index contributed by atoms with van der Waals surface area (Å²) in [6.45, 7) is 2.65. The van der Waals surface area contributed by atoms with Gasteiger partial charge in [-0.3, -0.25) is 4.79 Å². The highest BCUT2D eigenvalue weighted by Gasteiger charge is 2.03. The number of ether oxygens (including phenoxy) is 1. The first-order valence-corrected chi connectivity index (χ1v) is 5.24. The summed E-state index contributed by atoms with van der Waals surface area (Å²) in [5.41, 5.74) is 0. The van der Waals surface area contributed by atoms with Crippen LogP contribution in [-0.2, 0) is 9.53 Å². The molecule has 0 amide bonds. The molecule has 1 rings (SSSR count). The van der Waals surface area contributed by atoms with Crippen LogP contribution in [0.5, 0.6) is 0 Å². The number of aromatic nitrogens is 1. The van der Waals surface area contributed by atoms with Gasteiger partial charge in [-0.2, -0.15) is 0 Å². The zero-order chi connectivity index (χ0) is 11.8. The Hall–Kier alpha value is -1.65. The van der Waals surface area contributed by atoms with E-state index in [-0.39, 0.29) is 11.8 Å². The first kappa shape index (κ1) is 12.4. The van der Waals surface area contributed by atoms with Gasteiger partial charge in [-0.1, -0.05) is 0 Å². The third-order valence-corrected chi connectivity index (χ3v) is 1.91. The number of pyridine rings is 1. The van der Waals surface area contributed by atoms with Crippen molar-refractivity contribution in [2.24, 2.45) is 0 Å². The molecule has 0 aliphatic rings. The minimum Gasteiger partial charge on any atom is -0.466 e. The Balaban J connectivity index is 2.21. The van der Waals surface area contributed by atoms with Crippen molar-refractivity contribution >= 4 is 11.8 Å². The Kier molecular flexibility index (Phi) is 5.25. The molecule has 1 N–H and O–H groups in total.